The smallest absolute Gasteiger partial charge is 0.247 e. The van der Waals surface area contributed by atoms with Crippen LogP contribution in [0.25, 0.3) is 210 Å². The van der Waals surface area contributed by atoms with Crippen molar-refractivity contribution in [1.82, 2.24) is 89.7 Å². The molecule has 0 saturated heterocycles. The Morgan fingerprint density at radius 2 is 0.413 bits per heavy atom. The van der Waals surface area contributed by atoms with E-state index in [1.54, 1.807) is 73.3 Å². The summed E-state index contributed by atoms with van der Waals surface area (Å²) in [4.78, 5) is 131. The molecule has 26 aromatic rings. The average Bonchev–Trinajstić information content (AvgIpc) is 0.728. The zero-order valence-electron chi connectivity index (χ0n) is 74.9. The molecule has 2 aliphatic rings. The van der Waals surface area contributed by atoms with Crippen LogP contribution >= 0.6 is 0 Å². The normalized spacial score (nSPS) is 12.0. The molecule has 0 unspecified atom stereocenters. The van der Waals surface area contributed by atoms with Crippen molar-refractivity contribution in [2.75, 3.05) is 0 Å². The molecule has 0 bridgehead atoms. The Hall–Kier alpha value is -18.8. The number of ketones is 4. The zero-order chi connectivity index (χ0) is 93.5. The monoisotopic (exact) mass is 1790 g/mol. The van der Waals surface area contributed by atoms with Gasteiger partial charge in [-0.3, -0.25) is 79.0 Å². The number of aromatic nitrogens is 20. The quantitative estimate of drug-likeness (QED) is 0.0672. The number of carbonyl (C=O) groups excluding carboxylic acids is 4. The second-order valence-corrected chi connectivity index (χ2v) is 33.6. The lowest BCUT2D eigenvalue weighted by Crippen LogP contribution is -2.33. The maximum Gasteiger partial charge on any atom is 0.247 e. The van der Waals surface area contributed by atoms with Crippen LogP contribution < -0.4 is 9.13 Å². The van der Waals surface area contributed by atoms with E-state index in [4.69, 9.17) is 49.8 Å². The van der Waals surface area contributed by atoms with Crippen LogP contribution in [0.2, 0.25) is 0 Å². The second kappa shape index (κ2) is 34.4. The molecular formula is C114H74N20O4+2. The summed E-state index contributed by atoms with van der Waals surface area (Å²) in [6.45, 7) is 11.7. The summed E-state index contributed by atoms with van der Waals surface area (Å²) < 4.78 is 4.59. The summed E-state index contributed by atoms with van der Waals surface area (Å²) in [5.41, 5.74) is 33.3. The van der Waals surface area contributed by atoms with Gasteiger partial charge < -0.3 is 0 Å². The van der Waals surface area contributed by atoms with Crippen molar-refractivity contribution in [3.8, 4) is 34.2 Å². The fourth-order valence-corrected chi connectivity index (χ4v) is 18.3. The largest absolute Gasteiger partial charge is 0.285 e. The highest BCUT2D eigenvalue weighted by Gasteiger charge is 2.35. The minimum Gasteiger partial charge on any atom is -0.285 e. The van der Waals surface area contributed by atoms with E-state index in [2.05, 4.69) is 176 Å². The van der Waals surface area contributed by atoms with Crippen molar-refractivity contribution >= 4 is 199 Å². The molecule has 0 N–H and O–H groups in total. The Morgan fingerprint density at radius 1 is 0.174 bits per heavy atom. The highest BCUT2D eigenvalue weighted by atomic mass is 16.2. The summed E-state index contributed by atoms with van der Waals surface area (Å²) in [7, 11) is 0. The topological polar surface area (TPSA) is 308 Å². The fourth-order valence-electron chi connectivity index (χ4n) is 18.3. The first-order chi connectivity index (χ1) is 67.6. The number of nitrogens with zero attached hydrogens (tertiary/aromatic N) is 20. The van der Waals surface area contributed by atoms with Crippen molar-refractivity contribution in [3.05, 3.63) is 397 Å². The highest BCUT2D eigenvalue weighted by molar-refractivity contribution is 6.53. The van der Waals surface area contributed by atoms with Crippen LogP contribution in [0.4, 0.5) is 0 Å². The number of carbonyl (C=O) groups is 4. The molecule has 0 atom stereocenters. The van der Waals surface area contributed by atoms with E-state index in [1.807, 2.05) is 181 Å². The molecule has 138 heavy (non-hydrogen) atoms. The van der Waals surface area contributed by atoms with Gasteiger partial charge in [0.15, 0.2) is 0 Å². The van der Waals surface area contributed by atoms with Gasteiger partial charge in [0.05, 0.1) is 110 Å². The molecule has 0 radical (unpaired) electrons. The first-order valence-electron chi connectivity index (χ1n) is 44.7. The number of aryl methyl sites for hydroxylation is 6. The van der Waals surface area contributed by atoms with Gasteiger partial charge in [0.25, 0.3) is 0 Å². The third-order valence-corrected chi connectivity index (χ3v) is 24.6. The Morgan fingerprint density at radius 3 is 0.783 bits per heavy atom. The zero-order valence-corrected chi connectivity index (χ0v) is 74.9. The maximum absolute atomic E-state index is 12.0. The molecule has 0 amide bonds. The third kappa shape index (κ3) is 14.6. The number of hydrogen-bond acceptors (Lipinski definition) is 22. The molecule has 24 heteroatoms. The number of fused-ring (bicyclic) bond motifs is 34. The predicted molar refractivity (Wildman–Crippen MR) is 539 cm³/mol. The van der Waals surface area contributed by atoms with Crippen LogP contribution in [0, 0.1) is 41.5 Å². The summed E-state index contributed by atoms with van der Waals surface area (Å²) in [6.07, 6.45) is 10.4. The first-order valence-corrected chi connectivity index (χ1v) is 44.7. The van der Waals surface area contributed by atoms with Gasteiger partial charge in [-0.25, -0.2) is 29.9 Å². The van der Waals surface area contributed by atoms with Gasteiger partial charge in [-0.2, -0.15) is 0 Å². The maximum atomic E-state index is 12.0. The lowest BCUT2D eigenvalue weighted by atomic mass is 9.90. The minimum absolute atomic E-state index is 0.332. The fraction of sp³-hybridized carbons (Fsp3) is 0.0526. The predicted octanol–water partition coefficient (Wildman–Crippen LogP) is 22.2. The summed E-state index contributed by atoms with van der Waals surface area (Å²) in [5.74, 6) is -2.03. The van der Waals surface area contributed by atoms with Crippen molar-refractivity contribution in [2.24, 2.45) is 0 Å². The van der Waals surface area contributed by atoms with Crippen molar-refractivity contribution in [3.63, 3.8) is 0 Å². The van der Waals surface area contributed by atoms with E-state index < -0.39 is 23.1 Å². The number of pyridine rings is 12. The second-order valence-electron chi connectivity index (χ2n) is 33.6. The van der Waals surface area contributed by atoms with Crippen LogP contribution in [0.3, 0.4) is 0 Å². The summed E-state index contributed by atoms with van der Waals surface area (Å²) in [5, 5.41) is 8.12. The van der Waals surface area contributed by atoms with Crippen molar-refractivity contribution in [2.45, 2.75) is 41.5 Å². The average molecular weight is 1790 g/mol. The molecule has 24 nitrogen and oxygen atoms in total. The molecule has 0 saturated carbocycles. The molecule has 652 valence electrons. The van der Waals surface area contributed by atoms with E-state index >= 15 is 0 Å². The van der Waals surface area contributed by atoms with Crippen molar-refractivity contribution in [1.29, 1.82) is 0 Å². The van der Waals surface area contributed by atoms with E-state index in [0.29, 0.717) is 45.0 Å². The minimum atomic E-state index is -0.511. The molecule has 10 aromatic carbocycles. The number of rotatable bonds is 2. The first kappa shape index (κ1) is 83.5. The van der Waals surface area contributed by atoms with E-state index in [0.717, 1.165) is 221 Å². The number of Topliss-reactive ketones (excluding diaryl/α,β-unsaturated/α-hetero) is 4. The van der Waals surface area contributed by atoms with Gasteiger partial charge in [0.2, 0.25) is 56.6 Å². The van der Waals surface area contributed by atoms with Gasteiger partial charge in [-0.1, -0.05) is 84.9 Å². The van der Waals surface area contributed by atoms with Crippen LogP contribution in [-0.4, -0.2) is 113 Å². The number of para-hydroxylation sites is 10. The van der Waals surface area contributed by atoms with Gasteiger partial charge in [0.1, 0.15) is 55.9 Å². The Kier molecular flexibility index (Phi) is 20.8. The molecular weight excluding hydrogens is 1710 g/mol. The summed E-state index contributed by atoms with van der Waals surface area (Å²) in [6, 6.07) is 99.1. The van der Waals surface area contributed by atoms with Crippen LogP contribution in [0.5, 0.6) is 0 Å². The number of hydrogen-bond donors (Lipinski definition) is 0. The van der Waals surface area contributed by atoms with Gasteiger partial charge in [0, 0.05) is 140 Å². The molecule has 0 fully saturated rings. The summed E-state index contributed by atoms with van der Waals surface area (Å²) >= 11 is 0. The molecule has 0 spiro atoms. The molecule has 2 aliphatic carbocycles. The lowest BCUT2D eigenvalue weighted by Gasteiger charge is -2.16. The Labute approximate surface area is 784 Å². The van der Waals surface area contributed by atoms with Gasteiger partial charge >= 0.3 is 0 Å². The highest BCUT2D eigenvalue weighted by Crippen LogP contribution is 2.40. The molecule has 0 aliphatic heterocycles. The van der Waals surface area contributed by atoms with Gasteiger partial charge in [-0.05, 0) is 224 Å². The third-order valence-electron chi connectivity index (χ3n) is 24.6. The van der Waals surface area contributed by atoms with E-state index in [-0.39, 0.29) is 0 Å². The lowest BCUT2D eigenvalue weighted by molar-refractivity contribution is -0.537. The van der Waals surface area contributed by atoms with Crippen molar-refractivity contribution < 1.29 is 28.3 Å². The molecule has 16 heterocycles. The van der Waals surface area contributed by atoms with E-state index in [1.165, 1.54) is 0 Å². The van der Waals surface area contributed by atoms with Crippen LogP contribution in [0.1, 0.15) is 75.6 Å². The van der Waals surface area contributed by atoms with E-state index in [9.17, 15) is 19.2 Å². The van der Waals surface area contributed by atoms with Gasteiger partial charge in [-0.15, -0.1) is 9.13 Å². The molecule has 28 rings (SSSR count). The van der Waals surface area contributed by atoms with Crippen LogP contribution in [0.15, 0.2) is 340 Å². The van der Waals surface area contributed by atoms with Crippen LogP contribution in [-0.2, 0) is 0 Å². The Balaban J connectivity index is 0.0000000939. The Bertz CT molecular complexity index is 9390. The standard InChI is InChI=1S/C26H19N4.C24H15N4.C20H14N4.C18H10N4.C14H10N2O2.C12H6N2O2/c1-16-12-14-19-23(27-16)24-20(15-13-17(2)28-24)26-25(19)29-21-10-6-7-11-22(21)30(26)18-8-4-3-5-9-18;1-2-8-16(9-3-1)28-20-13-5-4-12-19(20)27-23-17-10-6-14-25-21(17)22-18(24(23)28)11-7-15-26-22;1-11-7-9-13-17(21-11)18-14(10-8-12(2)22-18)20-19(13)23-15-5-3-4-6-16(15)24-20;1-2-8-14-13(7-1)21-17-11-5-3-9-19-15(11)16-12(18(17)22-14)6-4-10-20-16;1-7-3-5-9-11(15-7)12-10(14(18)13(9)17)6-4-8(2)16-12;15-11-7-3-1-5-13-9(7)10-8(12(11)16)4-2-6-14-10/h3-15H,1-2H3;1-15H;3-10H,1-2H3;1-10H;3-6H,1-2H3;1-6H/q2*+1;;;;. The SMILES string of the molecule is Cc1ccc2c(n1)-c1nc(C)ccc1C(=O)C2=O.Cc1ccc2c(n1)c1nc(C)ccc1c1c2nc2ccccc2[n+]1-c1ccccc1.Cc1ccc2c(n1)c1nc(C)ccc1c1nc3ccccc3nc21.O=C1C(=O)c2cccnc2-c2ncccc21.c1ccc(-[n+]2c3ccccc3nc3c4cccnc4c4ncccc4c32)cc1.c1ccc2nc3c4cccnc4c4ncccc4c3nc2c1. The molecule has 16 aromatic heterocycles. The number of benzene rings is 10.